The van der Waals surface area contributed by atoms with Crippen LogP contribution in [0.3, 0.4) is 0 Å². The molecule has 2 heterocycles. The summed E-state index contributed by atoms with van der Waals surface area (Å²) < 4.78 is 13.0. The van der Waals surface area contributed by atoms with Crippen molar-refractivity contribution in [2.75, 3.05) is 13.1 Å². The molecule has 1 aromatic carbocycles. The summed E-state index contributed by atoms with van der Waals surface area (Å²) >= 11 is 1.37. The van der Waals surface area contributed by atoms with E-state index in [2.05, 4.69) is 4.98 Å². The number of nitrogens with zero attached hydrogens (tertiary/aromatic N) is 2. The minimum absolute atomic E-state index is 0.0275. The first-order valence-electron chi connectivity index (χ1n) is 7.69. The van der Waals surface area contributed by atoms with Crippen molar-refractivity contribution >= 4 is 17.2 Å². The topological polar surface area (TPSA) is 53.4 Å². The second-order valence-electron chi connectivity index (χ2n) is 5.89. The number of aliphatic hydroxyl groups excluding tert-OH is 1. The number of rotatable bonds is 3. The average molecular weight is 334 g/mol. The van der Waals surface area contributed by atoms with Crippen LogP contribution in [-0.4, -0.2) is 34.0 Å². The normalized spacial score (nSPS) is 17.3. The molecule has 2 aromatic rings. The summed E-state index contributed by atoms with van der Waals surface area (Å²) in [4.78, 5) is 19.1. The number of amides is 1. The summed E-state index contributed by atoms with van der Waals surface area (Å²) in [5, 5.41) is 10.5. The number of thiazole rings is 1. The lowest BCUT2D eigenvalue weighted by atomic mass is 9.87. The summed E-state index contributed by atoms with van der Waals surface area (Å²) in [6.45, 7) is 3.09. The number of aromatic nitrogens is 1. The number of hydrogen-bond acceptors (Lipinski definition) is 4. The Morgan fingerprint density at radius 3 is 2.57 bits per heavy atom. The number of piperidine rings is 1. The van der Waals surface area contributed by atoms with E-state index in [9.17, 15) is 14.3 Å². The zero-order valence-electron chi connectivity index (χ0n) is 12.9. The highest BCUT2D eigenvalue weighted by molar-refractivity contribution is 7.11. The highest BCUT2D eigenvalue weighted by Crippen LogP contribution is 2.31. The lowest BCUT2D eigenvalue weighted by Crippen LogP contribution is -2.39. The van der Waals surface area contributed by atoms with Gasteiger partial charge in [0.25, 0.3) is 5.91 Å². The largest absolute Gasteiger partial charge is 0.388 e. The molecule has 1 aliphatic heterocycles. The van der Waals surface area contributed by atoms with Gasteiger partial charge in [0.05, 0.1) is 17.3 Å². The van der Waals surface area contributed by atoms with E-state index in [1.807, 2.05) is 11.8 Å². The van der Waals surface area contributed by atoms with Gasteiger partial charge < -0.3 is 10.0 Å². The SMILES string of the molecule is Cc1ncsc1C(=O)N1CCC([C@H](O)c2ccc(F)cc2)CC1. The molecule has 0 bridgehead atoms. The van der Waals surface area contributed by atoms with Crippen LogP contribution in [0.15, 0.2) is 29.8 Å². The van der Waals surface area contributed by atoms with E-state index in [1.165, 1.54) is 23.5 Å². The first kappa shape index (κ1) is 16.1. The highest BCUT2D eigenvalue weighted by atomic mass is 32.1. The first-order chi connectivity index (χ1) is 11.1. The second-order valence-corrected chi connectivity index (χ2v) is 6.75. The Kier molecular flexibility index (Phi) is 4.73. The Bertz CT molecular complexity index is 678. The van der Waals surface area contributed by atoms with Crippen LogP contribution in [0.1, 0.15) is 39.9 Å². The molecule has 1 N–H and O–H groups in total. The Labute approximate surface area is 138 Å². The van der Waals surface area contributed by atoms with E-state index in [1.54, 1.807) is 17.6 Å². The van der Waals surface area contributed by atoms with Gasteiger partial charge in [0.1, 0.15) is 10.7 Å². The molecule has 3 rings (SSSR count). The molecule has 1 atom stereocenters. The van der Waals surface area contributed by atoms with Gasteiger partial charge in [-0.3, -0.25) is 4.79 Å². The number of halogens is 1. The van der Waals surface area contributed by atoms with Crippen LogP contribution in [0, 0.1) is 18.7 Å². The van der Waals surface area contributed by atoms with Gasteiger partial charge in [-0.2, -0.15) is 0 Å². The lowest BCUT2D eigenvalue weighted by Gasteiger charge is -2.34. The van der Waals surface area contributed by atoms with Crippen LogP contribution in [0.2, 0.25) is 0 Å². The average Bonchev–Trinajstić information content (AvgIpc) is 3.00. The van der Waals surface area contributed by atoms with Crippen LogP contribution < -0.4 is 0 Å². The molecule has 6 heteroatoms. The molecule has 23 heavy (non-hydrogen) atoms. The molecule has 0 saturated carbocycles. The summed E-state index contributed by atoms with van der Waals surface area (Å²) in [6.07, 6.45) is 0.863. The number of carbonyl (C=O) groups is 1. The summed E-state index contributed by atoms with van der Waals surface area (Å²) in [7, 11) is 0. The lowest BCUT2D eigenvalue weighted by molar-refractivity contribution is 0.0464. The number of benzene rings is 1. The smallest absolute Gasteiger partial charge is 0.265 e. The predicted octanol–water partition coefficient (Wildman–Crippen LogP) is 3.18. The molecule has 1 aromatic heterocycles. The van der Waals surface area contributed by atoms with Crippen molar-refractivity contribution in [2.45, 2.75) is 25.9 Å². The second kappa shape index (κ2) is 6.76. The Hall–Kier alpha value is -1.79. The van der Waals surface area contributed by atoms with Crippen molar-refractivity contribution in [3.05, 3.63) is 51.7 Å². The van der Waals surface area contributed by atoms with E-state index >= 15 is 0 Å². The number of carbonyl (C=O) groups excluding carboxylic acids is 1. The molecule has 0 aliphatic carbocycles. The summed E-state index contributed by atoms with van der Waals surface area (Å²) in [5.74, 6) is -0.187. The van der Waals surface area contributed by atoms with Gasteiger partial charge in [-0.1, -0.05) is 12.1 Å². The Morgan fingerprint density at radius 2 is 2.00 bits per heavy atom. The number of hydrogen-bond donors (Lipinski definition) is 1. The van der Waals surface area contributed by atoms with E-state index in [0.717, 1.165) is 24.1 Å². The van der Waals surface area contributed by atoms with Gasteiger partial charge in [-0.05, 0) is 43.4 Å². The van der Waals surface area contributed by atoms with Crippen molar-refractivity contribution < 1.29 is 14.3 Å². The standard InChI is InChI=1S/C17H19FN2O2S/c1-11-16(23-10-19-11)17(22)20-8-6-13(7-9-20)15(21)12-2-4-14(18)5-3-12/h2-5,10,13,15,21H,6-9H2,1H3/t15-/m1/s1. The maximum Gasteiger partial charge on any atom is 0.265 e. The fourth-order valence-corrected chi connectivity index (χ4v) is 3.77. The zero-order chi connectivity index (χ0) is 16.4. The Balaban J connectivity index is 1.61. The number of aryl methyl sites for hydroxylation is 1. The summed E-state index contributed by atoms with van der Waals surface area (Å²) in [6, 6.07) is 5.98. The van der Waals surface area contributed by atoms with Crippen LogP contribution in [-0.2, 0) is 0 Å². The summed E-state index contributed by atoms with van der Waals surface area (Å²) in [5.41, 5.74) is 3.19. The van der Waals surface area contributed by atoms with Gasteiger partial charge in [0, 0.05) is 13.1 Å². The predicted molar refractivity (Wildman–Crippen MR) is 86.8 cm³/mol. The fraction of sp³-hybridized carbons (Fsp3) is 0.412. The van der Waals surface area contributed by atoms with E-state index < -0.39 is 6.10 Å². The molecule has 122 valence electrons. The van der Waals surface area contributed by atoms with Gasteiger partial charge in [0.2, 0.25) is 0 Å². The van der Waals surface area contributed by atoms with Crippen molar-refractivity contribution in [1.29, 1.82) is 0 Å². The van der Waals surface area contributed by atoms with Crippen molar-refractivity contribution in [3.8, 4) is 0 Å². The van der Waals surface area contributed by atoms with Crippen LogP contribution in [0.4, 0.5) is 4.39 Å². The van der Waals surface area contributed by atoms with Gasteiger partial charge in [0.15, 0.2) is 0 Å². The monoisotopic (exact) mass is 334 g/mol. The van der Waals surface area contributed by atoms with Crippen molar-refractivity contribution in [2.24, 2.45) is 5.92 Å². The van der Waals surface area contributed by atoms with E-state index in [0.29, 0.717) is 18.0 Å². The van der Waals surface area contributed by atoms with Crippen molar-refractivity contribution in [1.82, 2.24) is 9.88 Å². The van der Waals surface area contributed by atoms with E-state index in [-0.39, 0.29) is 17.6 Å². The maximum absolute atomic E-state index is 13.0. The number of aliphatic hydroxyl groups is 1. The third-order valence-corrected chi connectivity index (χ3v) is 5.34. The highest BCUT2D eigenvalue weighted by Gasteiger charge is 2.29. The number of likely N-dealkylation sites (tertiary alicyclic amines) is 1. The third kappa shape index (κ3) is 3.43. The molecule has 1 fully saturated rings. The molecule has 0 unspecified atom stereocenters. The molecule has 0 radical (unpaired) electrons. The van der Waals surface area contributed by atoms with E-state index in [4.69, 9.17) is 0 Å². The maximum atomic E-state index is 13.0. The minimum atomic E-state index is -0.613. The molecule has 1 aliphatic rings. The minimum Gasteiger partial charge on any atom is -0.388 e. The molecule has 1 saturated heterocycles. The molecular weight excluding hydrogens is 315 g/mol. The van der Waals surface area contributed by atoms with Crippen LogP contribution in [0.5, 0.6) is 0 Å². The zero-order valence-corrected chi connectivity index (χ0v) is 13.7. The quantitative estimate of drug-likeness (QED) is 0.938. The van der Waals surface area contributed by atoms with Crippen LogP contribution >= 0.6 is 11.3 Å². The van der Waals surface area contributed by atoms with Gasteiger partial charge in [-0.25, -0.2) is 9.37 Å². The van der Waals surface area contributed by atoms with Crippen molar-refractivity contribution in [3.63, 3.8) is 0 Å². The third-order valence-electron chi connectivity index (χ3n) is 4.42. The first-order valence-corrected chi connectivity index (χ1v) is 8.57. The molecular formula is C17H19FN2O2S. The molecule has 4 nitrogen and oxygen atoms in total. The Morgan fingerprint density at radius 1 is 1.35 bits per heavy atom. The van der Waals surface area contributed by atoms with Gasteiger partial charge in [-0.15, -0.1) is 11.3 Å². The molecule has 1 amide bonds. The fourth-order valence-electron chi connectivity index (χ4n) is 3.00. The van der Waals surface area contributed by atoms with Crippen LogP contribution in [0.25, 0.3) is 0 Å². The van der Waals surface area contributed by atoms with Gasteiger partial charge >= 0.3 is 0 Å². The molecule has 0 spiro atoms.